The lowest BCUT2D eigenvalue weighted by Gasteiger charge is -2.06. The molecule has 0 fully saturated rings. The van der Waals surface area contributed by atoms with Crippen molar-refractivity contribution in [1.29, 1.82) is 0 Å². The Morgan fingerprint density at radius 2 is 2.28 bits per heavy atom. The van der Waals surface area contributed by atoms with Crippen LogP contribution in [0.2, 0.25) is 0 Å². The van der Waals surface area contributed by atoms with E-state index in [2.05, 4.69) is 22.5 Å². The number of rotatable bonds is 3. The number of carbonyl (C=O) groups excluding carboxylic acids is 1. The van der Waals surface area contributed by atoms with E-state index in [1.165, 1.54) is 12.1 Å². The molecule has 5 heteroatoms. The van der Waals surface area contributed by atoms with Gasteiger partial charge in [0.1, 0.15) is 5.82 Å². The van der Waals surface area contributed by atoms with Crippen molar-refractivity contribution in [3.05, 3.63) is 29.6 Å². The predicted molar refractivity (Wildman–Crippen MR) is 67.7 cm³/mol. The second kappa shape index (κ2) is 7.30. The molecule has 0 heterocycles. The van der Waals surface area contributed by atoms with E-state index in [4.69, 9.17) is 5.11 Å². The lowest BCUT2D eigenvalue weighted by molar-refractivity contribution is 0.252. The van der Waals surface area contributed by atoms with E-state index in [9.17, 15) is 9.18 Å². The minimum atomic E-state index is -0.505. The number of hydrogen-bond donors (Lipinski definition) is 3. The highest BCUT2D eigenvalue weighted by molar-refractivity contribution is 5.89. The first-order chi connectivity index (χ1) is 8.67. The predicted octanol–water partition coefficient (Wildman–Crippen LogP) is 1.70. The second-order valence-corrected chi connectivity index (χ2v) is 3.45. The fraction of sp³-hybridized carbons (Fsp3) is 0.308. The Kier molecular flexibility index (Phi) is 5.68. The van der Waals surface area contributed by atoms with Crippen LogP contribution in [-0.4, -0.2) is 24.3 Å². The van der Waals surface area contributed by atoms with Gasteiger partial charge >= 0.3 is 6.03 Å². The van der Waals surface area contributed by atoms with E-state index in [0.29, 0.717) is 18.7 Å². The van der Waals surface area contributed by atoms with Gasteiger partial charge in [-0.2, -0.15) is 0 Å². The van der Waals surface area contributed by atoms with Crippen molar-refractivity contribution in [2.45, 2.75) is 13.3 Å². The maximum atomic E-state index is 13.6. The van der Waals surface area contributed by atoms with Gasteiger partial charge in [0.25, 0.3) is 0 Å². The average Bonchev–Trinajstić information content (AvgIpc) is 2.32. The van der Waals surface area contributed by atoms with Crippen LogP contribution in [0, 0.1) is 17.7 Å². The molecule has 0 saturated carbocycles. The van der Waals surface area contributed by atoms with Gasteiger partial charge in [-0.3, -0.25) is 0 Å². The van der Waals surface area contributed by atoms with Crippen molar-refractivity contribution in [1.82, 2.24) is 5.32 Å². The number of carbonyl (C=O) groups is 1. The van der Waals surface area contributed by atoms with E-state index in [1.54, 1.807) is 13.0 Å². The molecule has 0 aliphatic rings. The molecule has 0 spiro atoms. The molecule has 0 atom stereocenters. The third-order valence-corrected chi connectivity index (χ3v) is 2.02. The molecule has 0 radical (unpaired) electrons. The maximum absolute atomic E-state index is 13.6. The molecule has 3 N–H and O–H groups in total. The van der Waals surface area contributed by atoms with Crippen LogP contribution in [0.3, 0.4) is 0 Å². The fourth-order valence-corrected chi connectivity index (χ4v) is 1.24. The largest absolute Gasteiger partial charge is 0.395 e. The Bertz CT molecular complexity index is 478. The number of halogens is 1. The zero-order valence-electron chi connectivity index (χ0n) is 10.1. The smallest absolute Gasteiger partial charge is 0.319 e. The summed E-state index contributed by atoms with van der Waals surface area (Å²) in [7, 11) is 0. The molecule has 0 unspecified atom stereocenters. The monoisotopic (exact) mass is 250 g/mol. The Balaban J connectivity index is 2.74. The highest BCUT2D eigenvalue weighted by Crippen LogP contribution is 2.13. The number of amides is 2. The van der Waals surface area contributed by atoms with E-state index in [1.807, 2.05) is 0 Å². The summed E-state index contributed by atoms with van der Waals surface area (Å²) in [4.78, 5) is 11.2. The molecule has 4 nitrogen and oxygen atoms in total. The Morgan fingerprint density at radius 1 is 1.50 bits per heavy atom. The van der Waals surface area contributed by atoms with Crippen molar-refractivity contribution < 1.29 is 14.3 Å². The van der Waals surface area contributed by atoms with Crippen molar-refractivity contribution in [2.75, 3.05) is 18.5 Å². The molecule has 0 aliphatic carbocycles. The first-order valence-electron chi connectivity index (χ1n) is 5.61. The number of benzene rings is 1. The van der Waals surface area contributed by atoms with Crippen molar-refractivity contribution in [2.24, 2.45) is 0 Å². The average molecular weight is 250 g/mol. The molecule has 0 aliphatic heterocycles. The molecule has 1 aromatic rings. The van der Waals surface area contributed by atoms with E-state index in [-0.39, 0.29) is 18.2 Å². The first-order valence-corrected chi connectivity index (χ1v) is 5.61. The van der Waals surface area contributed by atoms with Crippen LogP contribution in [0.15, 0.2) is 18.2 Å². The lowest BCUT2D eigenvalue weighted by atomic mass is 10.2. The second-order valence-electron chi connectivity index (χ2n) is 3.45. The summed E-state index contributed by atoms with van der Waals surface area (Å²) in [6.45, 7) is 2.24. The van der Waals surface area contributed by atoms with Crippen LogP contribution in [0.25, 0.3) is 0 Å². The minimum Gasteiger partial charge on any atom is -0.395 e. The van der Waals surface area contributed by atoms with Crippen LogP contribution in [0.4, 0.5) is 14.9 Å². The van der Waals surface area contributed by atoms with Crippen LogP contribution >= 0.6 is 0 Å². The minimum absolute atomic E-state index is 0.0502. The normalized spacial score (nSPS) is 9.28. The zero-order chi connectivity index (χ0) is 13.4. The van der Waals surface area contributed by atoms with Gasteiger partial charge in [0.15, 0.2) is 0 Å². The Hall–Kier alpha value is -2.06. The first kappa shape index (κ1) is 14.0. The summed E-state index contributed by atoms with van der Waals surface area (Å²) in [5.74, 6) is 4.73. The Labute approximate surface area is 105 Å². The maximum Gasteiger partial charge on any atom is 0.319 e. The van der Waals surface area contributed by atoms with Crippen LogP contribution in [0.1, 0.15) is 18.9 Å². The number of urea groups is 1. The lowest BCUT2D eigenvalue weighted by Crippen LogP contribution is -2.28. The fourth-order valence-electron chi connectivity index (χ4n) is 1.24. The molecule has 1 aromatic carbocycles. The third-order valence-electron chi connectivity index (χ3n) is 2.02. The van der Waals surface area contributed by atoms with Gasteiger partial charge in [0.2, 0.25) is 0 Å². The SMILES string of the molecule is CCNC(=O)Nc1ccc(C#CCCO)c(F)c1. The summed E-state index contributed by atoms with van der Waals surface area (Å²) in [5.41, 5.74) is 0.607. The van der Waals surface area contributed by atoms with E-state index < -0.39 is 5.82 Å². The van der Waals surface area contributed by atoms with Crippen molar-refractivity contribution in [3.63, 3.8) is 0 Å². The summed E-state index contributed by atoms with van der Waals surface area (Å²) in [5, 5.41) is 13.6. The highest BCUT2D eigenvalue weighted by atomic mass is 19.1. The van der Waals surface area contributed by atoms with Crippen molar-refractivity contribution >= 4 is 11.7 Å². The number of aliphatic hydroxyl groups is 1. The topological polar surface area (TPSA) is 61.4 Å². The highest BCUT2D eigenvalue weighted by Gasteiger charge is 2.04. The number of aliphatic hydroxyl groups excluding tert-OH is 1. The van der Waals surface area contributed by atoms with Gasteiger partial charge in [-0.05, 0) is 25.1 Å². The van der Waals surface area contributed by atoms with Gasteiger partial charge in [-0.25, -0.2) is 9.18 Å². The van der Waals surface area contributed by atoms with Gasteiger partial charge in [0.05, 0.1) is 12.2 Å². The number of hydrogen-bond acceptors (Lipinski definition) is 2. The van der Waals surface area contributed by atoms with Gasteiger partial charge in [-0.15, -0.1) is 0 Å². The van der Waals surface area contributed by atoms with E-state index in [0.717, 1.165) is 0 Å². The standard InChI is InChI=1S/C13H15FN2O2/c1-2-15-13(18)16-11-7-6-10(12(14)9-11)5-3-4-8-17/h6-7,9,17H,2,4,8H2,1H3,(H2,15,16,18). The van der Waals surface area contributed by atoms with Crippen LogP contribution in [0.5, 0.6) is 0 Å². The molecule has 0 saturated heterocycles. The summed E-state index contributed by atoms with van der Waals surface area (Å²) < 4.78 is 13.6. The molecule has 0 aromatic heterocycles. The summed E-state index contributed by atoms with van der Waals surface area (Å²) >= 11 is 0. The summed E-state index contributed by atoms with van der Waals surface area (Å²) in [6, 6.07) is 3.89. The molecule has 96 valence electrons. The van der Waals surface area contributed by atoms with Gasteiger partial charge < -0.3 is 15.7 Å². The van der Waals surface area contributed by atoms with Crippen LogP contribution < -0.4 is 10.6 Å². The number of nitrogens with one attached hydrogen (secondary N) is 2. The molecule has 2 amide bonds. The molecular formula is C13H15FN2O2. The number of anilines is 1. The molecule has 0 bridgehead atoms. The zero-order valence-corrected chi connectivity index (χ0v) is 10.1. The molecule has 1 rings (SSSR count). The Morgan fingerprint density at radius 3 is 2.89 bits per heavy atom. The third kappa shape index (κ3) is 4.44. The van der Waals surface area contributed by atoms with Crippen LogP contribution in [-0.2, 0) is 0 Å². The van der Waals surface area contributed by atoms with Crippen molar-refractivity contribution in [3.8, 4) is 11.8 Å². The quantitative estimate of drug-likeness (QED) is 0.715. The molecule has 18 heavy (non-hydrogen) atoms. The molecular weight excluding hydrogens is 235 g/mol. The summed E-state index contributed by atoms with van der Waals surface area (Å²) in [6.07, 6.45) is 0.304. The van der Waals surface area contributed by atoms with Gasteiger partial charge in [0, 0.05) is 18.7 Å². The van der Waals surface area contributed by atoms with Gasteiger partial charge in [-0.1, -0.05) is 11.8 Å². The van der Waals surface area contributed by atoms with E-state index >= 15 is 0 Å².